The van der Waals surface area contributed by atoms with Crippen molar-refractivity contribution in [2.45, 2.75) is 63.2 Å². The van der Waals surface area contributed by atoms with E-state index in [2.05, 4.69) is 15.5 Å². The Morgan fingerprint density at radius 2 is 1.95 bits per heavy atom. The van der Waals surface area contributed by atoms with Gasteiger partial charge >= 0.3 is 6.18 Å². The van der Waals surface area contributed by atoms with Crippen LogP contribution in [0, 0.1) is 5.92 Å². The molecule has 2 atom stereocenters. The van der Waals surface area contributed by atoms with Gasteiger partial charge in [0.25, 0.3) is 0 Å². The highest BCUT2D eigenvalue weighted by atomic mass is 32.1. The van der Waals surface area contributed by atoms with Gasteiger partial charge in [-0.05, 0) is 32.1 Å². The molecule has 2 saturated carbocycles. The maximum Gasteiger partial charge on any atom is 0.391 e. The zero-order chi connectivity index (χ0) is 14.2. The fraction of sp³-hybridized carbons (Fsp3) is 0.846. The number of aromatic nitrogens is 2. The number of hydrogen-bond acceptors (Lipinski definition) is 4. The lowest BCUT2D eigenvalue weighted by Gasteiger charge is -2.29. The molecule has 7 heteroatoms. The van der Waals surface area contributed by atoms with Gasteiger partial charge in [-0.1, -0.05) is 17.8 Å². The number of nitrogens with one attached hydrogen (secondary N) is 1. The third-order valence-corrected chi connectivity index (χ3v) is 5.17. The van der Waals surface area contributed by atoms with Crippen LogP contribution in [0.25, 0.3) is 0 Å². The molecule has 112 valence electrons. The lowest BCUT2D eigenvalue weighted by Crippen LogP contribution is -2.28. The van der Waals surface area contributed by atoms with Gasteiger partial charge in [-0.15, -0.1) is 10.2 Å². The summed E-state index contributed by atoms with van der Waals surface area (Å²) in [6.07, 6.45) is 0.216. The van der Waals surface area contributed by atoms with Gasteiger partial charge < -0.3 is 5.32 Å². The molecule has 0 aliphatic heterocycles. The largest absolute Gasteiger partial charge is 0.391 e. The van der Waals surface area contributed by atoms with Crippen LogP contribution in [0.1, 0.15) is 54.5 Å². The van der Waals surface area contributed by atoms with Crippen molar-refractivity contribution in [3.8, 4) is 0 Å². The van der Waals surface area contributed by atoms with E-state index in [1.165, 1.54) is 24.2 Å². The number of rotatable bonds is 4. The molecule has 0 amide bonds. The Kier molecular flexibility index (Phi) is 3.99. The topological polar surface area (TPSA) is 37.8 Å². The summed E-state index contributed by atoms with van der Waals surface area (Å²) in [6.45, 7) is 0.692. The zero-order valence-electron chi connectivity index (χ0n) is 11.1. The molecule has 2 aliphatic rings. The van der Waals surface area contributed by atoms with Crippen LogP contribution in [0.2, 0.25) is 0 Å². The van der Waals surface area contributed by atoms with Crippen molar-refractivity contribution in [2.24, 2.45) is 5.92 Å². The van der Waals surface area contributed by atoms with Gasteiger partial charge in [0.1, 0.15) is 10.0 Å². The van der Waals surface area contributed by atoms with Gasteiger partial charge in [0.2, 0.25) is 0 Å². The van der Waals surface area contributed by atoms with Crippen molar-refractivity contribution in [3.05, 3.63) is 10.0 Å². The Morgan fingerprint density at radius 3 is 2.65 bits per heavy atom. The van der Waals surface area contributed by atoms with E-state index in [1.807, 2.05) is 0 Å². The summed E-state index contributed by atoms with van der Waals surface area (Å²) in [5, 5.41) is 13.2. The summed E-state index contributed by atoms with van der Waals surface area (Å²) < 4.78 is 38.4. The molecular weight excluding hydrogens is 287 g/mol. The van der Waals surface area contributed by atoms with E-state index in [9.17, 15) is 13.2 Å². The van der Waals surface area contributed by atoms with Crippen LogP contribution in [-0.2, 0) is 6.54 Å². The minimum Gasteiger partial charge on any atom is -0.308 e. The number of alkyl halides is 3. The Bertz CT molecular complexity index is 456. The van der Waals surface area contributed by atoms with Gasteiger partial charge in [0.05, 0.1) is 5.92 Å². The molecule has 2 unspecified atom stereocenters. The maximum atomic E-state index is 12.8. The Hall–Kier alpha value is -0.690. The molecule has 0 saturated heterocycles. The van der Waals surface area contributed by atoms with E-state index in [0.717, 1.165) is 16.4 Å². The predicted octanol–water partition coefficient (Wildman–Crippen LogP) is 3.63. The van der Waals surface area contributed by atoms with Crippen LogP contribution < -0.4 is 5.32 Å². The van der Waals surface area contributed by atoms with E-state index in [-0.39, 0.29) is 18.8 Å². The molecule has 2 aliphatic carbocycles. The second kappa shape index (κ2) is 5.60. The molecule has 1 aromatic rings. The van der Waals surface area contributed by atoms with Gasteiger partial charge in [-0.3, -0.25) is 0 Å². The molecule has 0 bridgehead atoms. The molecule has 0 radical (unpaired) electrons. The first-order valence-electron chi connectivity index (χ1n) is 7.15. The third kappa shape index (κ3) is 3.49. The minimum absolute atomic E-state index is 0.0671. The van der Waals surface area contributed by atoms with Crippen molar-refractivity contribution in [3.63, 3.8) is 0 Å². The number of hydrogen-bond donors (Lipinski definition) is 1. The zero-order valence-corrected chi connectivity index (χ0v) is 11.9. The molecule has 3 nitrogen and oxygen atoms in total. The lowest BCUT2D eigenvalue weighted by molar-refractivity contribution is -0.183. The first kappa shape index (κ1) is 14.3. The van der Waals surface area contributed by atoms with Crippen molar-refractivity contribution in [1.82, 2.24) is 15.5 Å². The fourth-order valence-corrected chi connectivity index (χ4v) is 3.67. The summed E-state index contributed by atoms with van der Waals surface area (Å²) in [4.78, 5) is 0. The summed E-state index contributed by atoms with van der Waals surface area (Å²) in [5.74, 6) is -1.24. The summed E-state index contributed by atoms with van der Waals surface area (Å²) in [5.41, 5.74) is 0. The Morgan fingerprint density at radius 1 is 1.15 bits per heavy atom. The van der Waals surface area contributed by atoms with Crippen molar-refractivity contribution < 1.29 is 13.2 Å². The van der Waals surface area contributed by atoms with Crippen molar-refractivity contribution in [2.75, 3.05) is 0 Å². The standard InChI is InChI=1S/C13H18F3N3S/c14-13(15,16)9-3-1-2-8(6-9)12-19-18-11(20-12)7-17-10-4-5-10/h8-10,17H,1-7H2. The van der Waals surface area contributed by atoms with E-state index >= 15 is 0 Å². The molecule has 0 spiro atoms. The van der Waals surface area contributed by atoms with Crippen LogP contribution in [0.3, 0.4) is 0 Å². The van der Waals surface area contributed by atoms with Gasteiger partial charge in [0.15, 0.2) is 0 Å². The molecule has 0 aromatic carbocycles. The minimum atomic E-state index is -4.07. The molecule has 2 fully saturated rings. The maximum absolute atomic E-state index is 12.8. The quantitative estimate of drug-likeness (QED) is 0.923. The first-order chi connectivity index (χ1) is 9.52. The van der Waals surface area contributed by atoms with E-state index in [1.54, 1.807) is 0 Å². The first-order valence-corrected chi connectivity index (χ1v) is 7.96. The van der Waals surface area contributed by atoms with E-state index in [0.29, 0.717) is 19.0 Å². The highest BCUT2D eigenvalue weighted by Crippen LogP contribution is 2.44. The Labute approximate surface area is 120 Å². The molecule has 1 aromatic heterocycles. The van der Waals surface area contributed by atoms with Gasteiger partial charge in [-0.25, -0.2) is 0 Å². The van der Waals surface area contributed by atoms with Crippen molar-refractivity contribution >= 4 is 11.3 Å². The van der Waals surface area contributed by atoms with Crippen LogP contribution in [-0.4, -0.2) is 22.4 Å². The van der Waals surface area contributed by atoms with Crippen LogP contribution in [0.4, 0.5) is 13.2 Å². The smallest absolute Gasteiger partial charge is 0.308 e. The van der Waals surface area contributed by atoms with Crippen LogP contribution >= 0.6 is 11.3 Å². The summed E-state index contributed by atoms with van der Waals surface area (Å²) in [6, 6.07) is 0.603. The monoisotopic (exact) mass is 305 g/mol. The van der Waals surface area contributed by atoms with Crippen LogP contribution in [0.5, 0.6) is 0 Å². The lowest BCUT2D eigenvalue weighted by atomic mass is 9.81. The second-order valence-corrected chi connectivity index (χ2v) is 6.88. The summed E-state index contributed by atoms with van der Waals surface area (Å²) >= 11 is 1.47. The highest BCUT2D eigenvalue weighted by molar-refractivity contribution is 7.11. The second-order valence-electron chi connectivity index (χ2n) is 5.79. The molecular formula is C13H18F3N3S. The van der Waals surface area contributed by atoms with Gasteiger partial charge in [0, 0.05) is 18.5 Å². The normalized spacial score (nSPS) is 27.8. The molecule has 3 rings (SSSR count). The summed E-state index contributed by atoms with van der Waals surface area (Å²) in [7, 11) is 0. The molecule has 20 heavy (non-hydrogen) atoms. The average Bonchev–Trinajstić information content (AvgIpc) is 3.12. The Balaban J connectivity index is 1.59. The molecule has 1 N–H and O–H groups in total. The SMILES string of the molecule is FC(F)(F)C1CCCC(c2nnc(CNC3CC3)s2)C1. The molecule has 1 heterocycles. The third-order valence-electron chi connectivity index (χ3n) is 4.09. The van der Waals surface area contributed by atoms with Crippen molar-refractivity contribution in [1.29, 1.82) is 0 Å². The average molecular weight is 305 g/mol. The fourth-order valence-electron chi connectivity index (χ4n) is 2.73. The van der Waals surface area contributed by atoms with E-state index in [4.69, 9.17) is 0 Å². The number of nitrogens with zero attached hydrogens (tertiary/aromatic N) is 2. The van der Waals surface area contributed by atoms with E-state index < -0.39 is 12.1 Å². The van der Waals surface area contributed by atoms with Gasteiger partial charge in [-0.2, -0.15) is 13.2 Å². The highest BCUT2D eigenvalue weighted by Gasteiger charge is 2.43. The predicted molar refractivity (Wildman–Crippen MR) is 70.5 cm³/mol. The van der Waals surface area contributed by atoms with Crippen LogP contribution in [0.15, 0.2) is 0 Å². The number of halogens is 3.